The van der Waals surface area contributed by atoms with Gasteiger partial charge in [0.1, 0.15) is 0 Å². The van der Waals surface area contributed by atoms with Gasteiger partial charge in [0.05, 0.1) is 19.2 Å². The van der Waals surface area contributed by atoms with Crippen LogP contribution in [0.15, 0.2) is 72.8 Å². The fourth-order valence-electron chi connectivity index (χ4n) is 1.36. The summed E-state index contributed by atoms with van der Waals surface area (Å²) in [6, 6.07) is 20.5. The van der Waals surface area contributed by atoms with E-state index in [4.69, 9.17) is 72.4 Å². The molecule has 0 fully saturated rings. The van der Waals surface area contributed by atoms with E-state index in [1.807, 2.05) is 0 Å². The maximum atomic E-state index is 9.27. The van der Waals surface area contributed by atoms with E-state index in [9.17, 15) is 19.2 Å². The van der Waals surface area contributed by atoms with Gasteiger partial charge in [-0.3, -0.25) is 0 Å². The molecule has 0 aliphatic rings. The van der Waals surface area contributed by atoms with Crippen molar-refractivity contribution < 1.29 is 60.5 Å². The fraction of sp³-hybridized carbons (Fsp3) is 0. The van der Waals surface area contributed by atoms with Crippen LogP contribution in [0.3, 0.4) is 0 Å². The zero-order valence-electron chi connectivity index (χ0n) is 19.6. The molecular weight excluding hydrogens is 642 g/mol. The van der Waals surface area contributed by atoms with Crippen LogP contribution in [0, 0.1) is 0 Å². The zero-order valence-corrected chi connectivity index (χ0v) is 22.6. The molecule has 0 heterocycles. The molecule has 0 saturated heterocycles. The average Bonchev–Trinajstić information content (AvgIpc) is 2.81. The van der Waals surface area contributed by atoms with E-state index in [0.29, 0.717) is 21.4 Å². The molecule has 0 amide bonds. The number of nitrogens with two attached hydrogens (primary N) is 1. The first-order chi connectivity index (χ1) is 16.6. The van der Waals surface area contributed by atoms with Gasteiger partial charge in [0.25, 0.3) is 0 Å². The Balaban J connectivity index is -0.000000189. The first-order valence-electron chi connectivity index (χ1n) is 9.14. The van der Waals surface area contributed by atoms with Crippen LogP contribution in [-0.2, 0) is 38.7 Å². The molecule has 3 aromatic carbocycles. The van der Waals surface area contributed by atoms with Crippen LogP contribution in [0.5, 0.6) is 0 Å². The Morgan fingerprint density at radius 1 is 0.541 bits per heavy atom. The number of hydrogen-bond acceptors (Lipinski definition) is 5. The summed E-state index contributed by atoms with van der Waals surface area (Å²) in [7, 11) is 0. The first kappa shape index (κ1) is 38.0. The molecule has 0 bridgehead atoms. The van der Waals surface area contributed by atoms with E-state index in [1.54, 1.807) is 72.8 Å². The topological polar surface area (TPSA) is 234 Å². The molecule has 0 aliphatic heterocycles. The molecule has 15 heteroatoms. The molecule has 0 saturated carbocycles. The van der Waals surface area contributed by atoms with Gasteiger partial charge in [-0.1, -0.05) is 59.1 Å². The van der Waals surface area contributed by atoms with Gasteiger partial charge >= 0.3 is 44.8 Å². The van der Waals surface area contributed by atoms with Gasteiger partial charge in [-0.2, -0.15) is 0 Å². The van der Waals surface area contributed by atoms with Crippen molar-refractivity contribution in [3.63, 3.8) is 0 Å². The quantitative estimate of drug-likeness (QED) is 0.164. The third-order valence-electron chi connectivity index (χ3n) is 2.97. The van der Waals surface area contributed by atoms with Crippen LogP contribution >= 0.6 is 34.8 Å². The molecule has 0 aliphatic carbocycles. The Bertz CT molecular complexity index is 894. The van der Waals surface area contributed by atoms with Crippen molar-refractivity contribution in [1.29, 1.82) is 0 Å². The third kappa shape index (κ3) is 25.3. The molecule has 37 heavy (non-hydrogen) atoms. The second kappa shape index (κ2) is 21.7. The summed E-state index contributed by atoms with van der Waals surface area (Å²) in [6.45, 7) is 0. The summed E-state index contributed by atoms with van der Waals surface area (Å²) < 4.78 is 0. The van der Waals surface area contributed by atoms with Crippen LogP contribution in [0.2, 0.25) is 15.1 Å². The second-order valence-electron chi connectivity index (χ2n) is 5.88. The molecule has 197 valence electrons. The zero-order chi connectivity index (χ0) is 28.3. The third-order valence-corrected chi connectivity index (χ3v) is 3.73. The van der Waals surface area contributed by atoms with Gasteiger partial charge in [-0.05, 0) is 48.5 Å². The van der Waals surface area contributed by atoms with Crippen molar-refractivity contribution in [2.45, 2.75) is 0 Å². The Morgan fingerprint density at radius 2 is 0.730 bits per heavy atom. The average molecular weight is 667 g/mol. The molecule has 3 rings (SSSR count). The van der Waals surface area contributed by atoms with E-state index in [1.165, 1.54) is 0 Å². The first-order valence-corrected chi connectivity index (χ1v) is 10.3. The minimum absolute atomic E-state index is 0. The number of carbonyl (C=O) groups is 4. The van der Waals surface area contributed by atoms with Crippen LogP contribution in [0.1, 0.15) is 1.43 Å². The Morgan fingerprint density at radius 3 is 0.865 bits per heavy atom. The fourth-order valence-corrected chi connectivity index (χ4v) is 1.74. The maximum Gasteiger partial charge on any atom is 5.00 e. The van der Waals surface area contributed by atoms with Gasteiger partial charge in [-0.25, -0.2) is 0 Å². The smallest absolute Gasteiger partial charge is 0.699 e. The second-order valence-corrected chi connectivity index (χ2v) is 7.19. The molecule has 11 nitrogen and oxygen atoms in total. The Labute approximate surface area is 240 Å². The van der Waals surface area contributed by atoms with Crippen molar-refractivity contribution in [3.8, 4) is 0 Å². The van der Waals surface area contributed by atoms with Gasteiger partial charge in [0.2, 0.25) is 0 Å². The van der Waals surface area contributed by atoms with Gasteiger partial charge < -0.3 is 37.6 Å². The van der Waals surface area contributed by atoms with Gasteiger partial charge in [0.15, 0.2) is 0 Å². The summed E-state index contributed by atoms with van der Waals surface area (Å²) in [6.07, 6.45) is 0. The SMILES string of the molecule is Nc1ccc(Cl)cc1.O=C([OH2+])C(=O)[OH2+].O=C([OH2+])C(=O)[OH2+].[H+].[NH-]c1ccc(Cl)cc1.[NH-]c1ccc(Cl)cc1.[Ru+5]. The summed E-state index contributed by atoms with van der Waals surface area (Å²) in [5, 5.41) is 25.5. The predicted octanol–water partition coefficient (Wildman–Crippen LogP) is 3.06. The molecule has 0 atom stereocenters. The number of rotatable bonds is 0. The molecular formula is C22H25Cl3N3O8Ru+8. The van der Waals surface area contributed by atoms with E-state index in [2.05, 4.69) is 0 Å². The van der Waals surface area contributed by atoms with E-state index in [-0.39, 0.29) is 20.9 Å². The van der Waals surface area contributed by atoms with Crippen molar-refractivity contribution in [1.82, 2.24) is 0 Å². The van der Waals surface area contributed by atoms with Crippen molar-refractivity contribution in [2.75, 3.05) is 5.73 Å². The maximum absolute atomic E-state index is 9.27. The van der Waals surface area contributed by atoms with Crippen molar-refractivity contribution in [3.05, 3.63) is 99.3 Å². The van der Waals surface area contributed by atoms with Crippen LogP contribution in [-0.4, -0.2) is 44.3 Å². The van der Waals surface area contributed by atoms with Crippen molar-refractivity contribution >= 4 is 75.7 Å². The number of hydrogen-bond donors (Lipinski definition) is 1. The summed E-state index contributed by atoms with van der Waals surface area (Å²) >= 11 is 16.6. The summed E-state index contributed by atoms with van der Waals surface area (Å²) in [5.41, 5.74) is 21.2. The van der Waals surface area contributed by atoms with Crippen molar-refractivity contribution in [2.24, 2.45) is 0 Å². The Kier molecular flexibility index (Phi) is 22.3. The molecule has 0 aromatic heterocycles. The monoisotopic (exact) mass is 666 g/mol. The number of benzene rings is 3. The van der Waals surface area contributed by atoms with Crippen LogP contribution in [0.4, 0.5) is 17.1 Å². The minimum Gasteiger partial charge on any atom is -0.699 e. The number of carbonyl (C=O) groups excluding carboxylic acids is 4. The largest absolute Gasteiger partial charge is 5.00 e. The van der Waals surface area contributed by atoms with Gasteiger partial charge in [-0.15, -0.1) is 11.4 Å². The standard InChI is InChI=1S/C6H6ClN.2C6H5ClN.2C2H2O4.Ru/c3*7-5-1-3-6(8)4-2-5;2*3-1(4)2(5)6;/h1-4H,8H2;2*1-4,8H;2*(H,3,4)(H,5,6);/q;2*-1;;;+5/p+5. The summed E-state index contributed by atoms with van der Waals surface area (Å²) in [5.74, 6) is -5.85. The molecule has 0 unspecified atom stereocenters. The van der Waals surface area contributed by atoms with E-state index >= 15 is 0 Å². The minimum atomic E-state index is -1.46. The molecule has 3 aromatic rings. The number of anilines is 1. The molecule has 0 spiro atoms. The molecule has 12 N–H and O–H groups in total. The Hall–Kier alpha value is -3.57. The number of halogens is 3. The summed E-state index contributed by atoms with van der Waals surface area (Å²) in [4.78, 5) is 37.1. The normalized spacial score (nSPS) is 8.30. The van der Waals surface area contributed by atoms with E-state index < -0.39 is 23.9 Å². The van der Waals surface area contributed by atoms with E-state index in [0.717, 1.165) is 10.7 Å². The number of nitrogen functional groups attached to an aromatic ring is 1. The molecule has 1 radical (unpaired) electrons. The number of nitrogens with one attached hydrogen (secondary N) is 2. The predicted molar refractivity (Wildman–Crippen MR) is 142 cm³/mol. The van der Waals surface area contributed by atoms with Crippen LogP contribution < -0.4 is 5.73 Å². The van der Waals surface area contributed by atoms with Gasteiger partial charge in [0, 0.05) is 20.8 Å². The van der Waals surface area contributed by atoms with Crippen LogP contribution in [0.25, 0.3) is 11.5 Å².